The number of hydrogen-bond donors (Lipinski definition) is 2. The Kier molecular flexibility index (Phi) is 4.18. The molecule has 4 nitrogen and oxygen atoms in total. The van der Waals surface area contributed by atoms with Crippen molar-refractivity contribution in [2.24, 2.45) is 11.8 Å². The molecule has 1 aromatic heterocycles. The molecule has 0 aliphatic heterocycles. The second kappa shape index (κ2) is 5.85. The van der Waals surface area contributed by atoms with Crippen molar-refractivity contribution in [3.8, 4) is 0 Å². The van der Waals surface area contributed by atoms with Gasteiger partial charge in [-0.15, -0.1) is 0 Å². The summed E-state index contributed by atoms with van der Waals surface area (Å²) in [5.41, 5.74) is 6.16. The molecule has 0 spiro atoms. The number of pyridine rings is 1. The normalized spacial score (nSPS) is 23.6. The van der Waals surface area contributed by atoms with E-state index in [1.165, 1.54) is 25.7 Å². The molecule has 2 rings (SSSR count). The van der Waals surface area contributed by atoms with Crippen LogP contribution in [0.5, 0.6) is 0 Å². The molecule has 98 valence electrons. The van der Waals surface area contributed by atoms with Gasteiger partial charge < -0.3 is 11.1 Å². The number of nitrogen functional groups attached to an aromatic ring is 1. The number of nitrogens with one attached hydrogen (secondary N) is 1. The molecule has 1 fully saturated rings. The van der Waals surface area contributed by atoms with E-state index in [0.29, 0.717) is 23.2 Å². The molecule has 1 aromatic rings. The van der Waals surface area contributed by atoms with Gasteiger partial charge in [0.05, 0.1) is 0 Å². The quantitative estimate of drug-likeness (QED) is 0.860. The Morgan fingerprint density at radius 3 is 3.00 bits per heavy atom. The smallest absolute Gasteiger partial charge is 0.251 e. The lowest BCUT2D eigenvalue weighted by Gasteiger charge is -2.28. The first kappa shape index (κ1) is 12.9. The Bertz CT molecular complexity index is 419. The van der Waals surface area contributed by atoms with E-state index < -0.39 is 0 Å². The van der Waals surface area contributed by atoms with Gasteiger partial charge in [0, 0.05) is 18.3 Å². The third-order valence-corrected chi connectivity index (χ3v) is 3.86. The minimum atomic E-state index is -0.0538. The summed E-state index contributed by atoms with van der Waals surface area (Å²) in [6, 6.07) is 3.30. The molecule has 2 atom stereocenters. The second-order valence-corrected chi connectivity index (χ2v) is 5.20. The van der Waals surface area contributed by atoms with Crippen LogP contribution in [0.4, 0.5) is 5.82 Å². The number of anilines is 1. The summed E-state index contributed by atoms with van der Waals surface area (Å²) in [6.07, 6.45) is 6.68. The molecule has 0 bridgehead atoms. The zero-order chi connectivity index (χ0) is 13.0. The Morgan fingerprint density at radius 1 is 1.50 bits per heavy atom. The van der Waals surface area contributed by atoms with Crippen LogP contribution in [0.1, 0.15) is 43.0 Å². The van der Waals surface area contributed by atoms with Gasteiger partial charge in [0.2, 0.25) is 0 Å². The van der Waals surface area contributed by atoms with Crippen LogP contribution in [-0.2, 0) is 0 Å². The lowest BCUT2D eigenvalue weighted by atomic mass is 9.80. The SMILES string of the molecule is CC1CCCCC1CNC(=O)c1ccnc(N)c1. The molecule has 18 heavy (non-hydrogen) atoms. The highest BCUT2D eigenvalue weighted by molar-refractivity contribution is 5.94. The Hall–Kier alpha value is -1.58. The highest BCUT2D eigenvalue weighted by atomic mass is 16.1. The summed E-state index contributed by atoms with van der Waals surface area (Å²) < 4.78 is 0. The van der Waals surface area contributed by atoms with Crippen molar-refractivity contribution < 1.29 is 4.79 Å². The van der Waals surface area contributed by atoms with Gasteiger partial charge in [-0.3, -0.25) is 4.79 Å². The van der Waals surface area contributed by atoms with Crippen molar-refractivity contribution in [2.45, 2.75) is 32.6 Å². The molecule has 4 heteroatoms. The first-order valence-electron chi connectivity index (χ1n) is 6.66. The van der Waals surface area contributed by atoms with E-state index in [0.717, 1.165) is 6.54 Å². The summed E-state index contributed by atoms with van der Waals surface area (Å²) in [7, 11) is 0. The molecule has 1 saturated carbocycles. The van der Waals surface area contributed by atoms with Crippen molar-refractivity contribution in [3.63, 3.8) is 0 Å². The number of amides is 1. The number of carbonyl (C=O) groups excluding carboxylic acids is 1. The van der Waals surface area contributed by atoms with Gasteiger partial charge >= 0.3 is 0 Å². The van der Waals surface area contributed by atoms with E-state index in [-0.39, 0.29) is 5.91 Å². The van der Waals surface area contributed by atoms with Gasteiger partial charge in [0.25, 0.3) is 5.91 Å². The van der Waals surface area contributed by atoms with Gasteiger partial charge in [-0.2, -0.15) is 0 Å². The number of rotatable bonds is 3. The second-order valence-electron chi connectivity index (χ2n) is 5.20. The molecule has 2 unspecified atom stereocenters. The van der Waals surface area contributed by atoms with Crippen LogP contribution in [0, 0.1) is 11.8 Å². The molecule has 0 saturated heterocycles. The van der Waals surface area contributed by atoms with E-state index in [9.17, 15) is 4.79 Å². The van der Waals surface area contributed by atoms with Crippen molar-refractivity contribution in [1.82, 2.24) is 10.3 Å². The number of carbonyl (C=O) groups is 1. The fourth-order valence-corrected chi connectivity index (χ4v) is 2.61. The first-order chi connectivity index (χ1) is 8.66. The van der Waals surface area contributed by atoms with E-state index in [1.54, 1.807) is 18.3 Å². The van der Waals surface area contributed by atoms with Gasteiger partial charge in [0.15, 0.2) is 0 Å². The maximum Gasteiger partial charge on any atom is 0.251 e. The molecular weight excluding hydrogens is 226 g/mol. The highest BCUT2D eigenvalue weighted by Gasteiger charge is 2.21. The average molecular weight is 247 g/mol. The first-order valence-corrected chi connectivity index (χ1v) is 6.66. The molecule has 1 aliphatic carbocycles. The molecule has 1 amide bonds. The third kappa shape index (κ3) is 3.22. The number of nitrogens with zero attached hydrogens (tertiary/aromatic N) is 1. The topological polar surface area (TPSA) is 68.0 Å². The minimum absolute atomic E-state index is 0.0538. The van der Waals surface area contributed by atoms with Crippen molar-refractivity contribution in [1.29, 1.82) is 0 Å². The fourth-order valence-electron chi connectivity index (χ4n) is 2.61. The maximum atomic E-state index is 12.0. The van der Waals surface area contributed by atoms with Crippen molar-refractivity contribution in [2.75, 3.05) is 12.3 Å². The van der Waals surface area contributed by atoms with E-state index in [1.807, 2.05) is 0 Å². The van der Waals surface area contributed by atoms with Gasteiger partial charge in [-0.25, -0.2) is 4.98 Å². The minimum Gasteiger partial charge on any atom is -0.384 e. The van der Waals surface area contributed by atoms with Crippen LogP contribution in [-0.4, -0.2) is 17.4 Å². The lowest BCUT2D eigenvalue weighted by molar-refractivity contribution is 0.0936. The van der Waals surface area contributed by atoms with Crippen LogP contribution < -0.4 is 11.1 Å². The van der Waals surface area contributed by atoms with Crippen LogP contribution in [0.3, 0.4) is 0 Å². The van der Waals surface area contributed by atoms with E-state index in [2.05, 4.69) is 17.2 Å². The predicted molar refractivity (Wildman–Crippen MR) is 72.1 cm³/mol. The van der Waals surface area contributed by atoms with Crippen LogP contribution in [0.2, 0.25) is 0 Å². The molecule has 1 heterocycles. The largest absolute Gasteiger partial charge is 0.384 e. The van der Waals surface area contributed by atoms with E-state index >= 15 is 0 Å². The average Bonchev–Trinajstić information content (AvgIpc) is 2.37. The number of aromatic nitrogens is 1. The van der Waals surface area contributed by atoms with Gasteiger partial charge in [0.1, 0.15) is 5.82 Å². The highest BCUT2D eigenvalue weighted by Crippen LogP contribution is 2.28. The van der Waals surface area contributed by atoms with Crippen molar-refractivity contribution in [3.05, 3.63) is 23.9 Å². The van der Waals surface area contributed by atoms with Crippen LogP contribution in [0.15, 0.2) is 18.3 Å². The third-order valence-electron chi connectivity index (χ3n) is 3.86. The Labute approximate surface area is 108 Å². The summed E-state index contributed by atoms with van der Waals surface area (Å²) in [5.74, 6) is 1.65. The Morgan fingerprint density at radius 2 is 2.28 bits per heavy atom. The Balaban J connectivity index is 1.88. The summed E-state index contributed by atoms with van der Waals surface area (Å²) in [4.78, 5) is 15.8. The van der Waals surface area contributed by atoms with Gasteiger partial charge in [-0.05, 0) is 30.4 Å². The monoisotopic (exact) mass is 247 g/mol. The summed E-state index contributed by atoms with van der Waals surface area (Å²) in [5, 5.41) is 3.00. The predicted octanol–water partition coefficient (Wildman–Crippen LogP) is 2.22. The number of nitrogens with two attached hydrogens (primary N) is 1. The number of hydrogen-bond acceptors (Lipinski definition) is 3. The molecular formula is C14H21N3O. The van der Waals surface area contributed by atoms with Gasteiger partial charge in [-0.1, -0.05) is 26.2 Å². The molecule has 3 N–H and O–H groups in total. The summed E-state index contributed by atoms with van der Waals surface area (Å²) >= 11 is 0. The molecule has 0 aromatic carbocycles. The zero-order valence-electron chi connectivity index (χ0n) is 10.9. The maximum absolute atomic E-state index is 12.0. The zero-order valence-corrected chi connectivity index (χ0v) is 10.9. The molecule has 0 radical (unpaired) electrons. The fraction of sp³-hybridized carbons (Fsp3) is 0.571. The summed E-state index contributed by atoms with van der Waals surface area (Å²) in [6.45, 7) is 3.04. The lowest BCUT2D eigenvalue weighted by Crippen LogP contribution is -2.33. The van der Waals surface area contributed by atoms with Crippen molar-refractivity contribution >= 4 is 11.7 Å². The molecule has 1 aliphatic rings. The van der Waals surface area contributed by atoms with E-state index in [4.69, 9.17) is 5.73 Å². The van der Waals surface area contributed by atoms with Crippen LogP contribution >= 0.6 is 0 Å². The van der Waals surface area contributed by atoms with Crippen LogP contribution in [0.25, 0.3) is 0 Å². The standard InChI is InChI=1S/C14H21N3O/c1-10-4-2-3-5-12(10)9-17-14(18)11-6-7-16-13(15)8-11/h6-8,10,12H,2-5,9H2,1H3,(H2,15,16)(H,17,18).